The van der Waals surface area contributed by atoms with E-state index in [4.69, 9.17) is 4.74 Å². The molecule has 0 radical (unpaired) electrons. The third-order valence-electron chi connectivity index (χ3n) is 4.18. The van der Waals surface area contributed by atoms with Crippen LogP contribution in [0.1, 0.15) is 47.0 Å². The molecule has 1 N–H and O–H groups in total. The van der Waals surface area contributed by atoms with Crippen LogP contribution in [0, 0.1) is 11.3 Å². The summed E-state index contributed by atoms with van der Waals surface area (Å²) in [4.78, 5) is 27.0. The lowest BCUT2D eigenvalue weighted by Crippen LogP contribution is -2.67. The van der Waals surface area contributed by atoms with Gasteiger partial charge in [-0.05, 0) is 30.6 Å². The maximum absolute atomic E-state index is 12.8. The molecule has 1 saturated heterocycles. The van der Waals surface area contributed by atoms with E-state index in [0.29, 0.717) is 25.7 Å². The smallest absolute Gasteiger partial charge is 0.246 e. The molecule has 2 aliphatic rings. The number of amides is 2. The summed E-state index contributed by atoms with van der Waals surface area (Å²) >= 11 is 0. The molecule has 0 spiro atoms. The molecule has 1 saturated carbocycles. The van der Waals surface area contributed by atoms with Crippen molar-refractivity contribution < 1.29 is 14.3 Å². The van der Waals surface area contributed by atoms with Crippen molar-refractivity contribution in [2.75, 3.05) is 19.8 Å². The summed E-state index contributed by atoms with van der Waals surface area (Å²) in [6.45, 7) is 9.73. The molecule has 2 atom stereocenters. The third kappa shape index (κ3) is 3.76. The van der Waals surface area contributed by atoms with Crippen LogP contribution in [0.15, 0.2) is 0 Å². The van der Waals surface area contributed by atoms with Gasteiger partial charge in [0.25, 0.3) is 0 Å². The molecule has 0 aromatic rings. The molecule has 2 unspecified atom stereocenters. The van der Waals surface area contributed by atoms with Crippen LogP contribution in [0.4, 0.5) is 0 Å². The summed E-state index contributed by atoms with van der Waals surface area (Å²) in [5, 5.41) is 2.94. The molecule has 1 aliphatic heterocycles. The van der Waals surface area contributed by atoms with Crippen LogP contribution in [0.3, 0.4) is 0 Å². The zero-order valence-electron chi connectivity index (χ0n) is 13.6. The number of hydrogen-bond donors (Lipinski definition) is 1. The highest BCUT2D eigenvalue weighted by Crippen LogP contribution is 2.38. The minimum absolute atomic E-state index is 0.00696. The zero-order valence-corrected chi connectivity index (χ0v) is 13.6. The number of ether oxygens (including phenoxy) is 1. The first-order valence-electron chi connectivity index (χ1n) is 8.05. The molecule has 0 aromatic heterocycles. The topological polar surface area (TPSA) is 58.6 Å². The van der Waals surface area contributed by atoms with Gasteiger partial charge in [-0.2, -0.15) is 0 Å². The van der Waals surface area contributed by atoms with Crippen molar-refractivity contribution in [3.8, 4) is 0 Å². The summed E-state index contributed by atoms with van der Waals surface area (Å²) in [6.07, 6.45) is 3.04. The highest BCUT2D eigenvalue weighted by atomic mass is 16.5. The van der Waals surface area contributed by atoms with Crippen molar-refractivity contribution in [3.63, 3.8) is 0 Å². The molecule has 2 rings (SSSR count). The molecule has 1 aliphatic carbocycles. The van der Waals surface area contributed by atoms with Gasteiger partial charge >= 0.3 is 0 Å². The average Bonchev–Trinajstić information content (AvgIpc) is 3.21. The summed E-state index contributed by atoms with van der Waals surface area (Å²) in [6, 6.07) is -0.729. The standard InChI is InChI=1S/C16H28N2O3/c1-5-9-21-10-8-18-12(11-6-7-11)14(19)17-13(15(18)20)16(2,3)4/h11-13H,5-10H2,1-4H3,(H,17,19). The zero-order chi connectivity index (χ0) is 15.6. The fourth-order valence-electron chi connectivity index (χ4n) is 2.86. The van der Waals surface area contributed by atoms with Crippen molar-refractivity contribution in [1.29, 1.82) is 0 Å². The molecule has 1 heterocycles. The van der Waals surface area contributed by atoms with Gasteiger partial charge in [0, 0.05) is 13.2 Å². The lowest BCUT2D eigenvalue weighted by molar-refractivity contribution is -0.154. The SMILES string of the molecule is CCCOCCN1C(=O)C(C(C)(C)C)NC(=O)C1C1CC1. The Morgan fingerprint density at radius 2 is 1.90 bits per heavy atom. The molecule has 2 fully saturated rings. The van der Waals surface area contributed by atoms with Crippen molar-refractivity contribution >= 4 is 11.8 Å². The second-order valence-corrected chi connectivity index (χ2v) is 7.23. The maximum Gasteiger partial charge on any atom is 0.246 e. The number of carbonyl (C=O) groups excluding carboxylic acids is 2. The van der Waals surface area contributed by atoms with Crippen LogP contribution in [0.25, 0.3) is 0 Å². The molecule has 5 heteroatoms. The molecular weight excluding hydrogens is 268 g/mol. The Morgan fingerprint density at radius 3 is 2.43 bits per heavy atom. The van der Waals surface area contributed by atoms with E-state index in [1.165, 1.54) is 0 Å². The van der Waals surface area contributed by atoms with Gasteiger partial charge in [-0.25, -0.2) is 0 Å². The van der Waals surface area contributed by atoms with Gasteiger partial charge in [-0.3, -0.25) is 9.59 Å². The highest BCUT2D eigenvalue weighted by Gasteiger charge is 2.50. The quantitative estimate of drug-likeness (QED) is 0.757. The first-order chi connectivity index (χ1) is 9.86. The van der Waals surface area contributed by atoms with E-state index < -0.39 is 6.04 Å². The van der Waals surface area contributed by atoms with E-state index in [2.05, 4.69) is 12.2 Å². The van der Waals surface area contributed by atoms with Crippen molar-refractivity contribution in [3.05, 3.63) is 0 Å². The summed E-state index contributed by atoms with van der Waals surface area (Å²) in [7, 11) is 0. The van der Waals surface area contributed by atoms with Crippen LogP contribution >= 0.6 is 0 Å². The van der Waals surface area contributed by atoms with Crippen LogP contribution in [0.5, 0.6) is 0 Å². The van der Waals surface area contributed by atoms with Gasteiger partial charge in [0.1, 0.15) is 12.1 Å². The summed E-state index contributed by atoms with van der Waals surface area (Å²) in [5.74, 6) is 0.382. The number of nitrogens with zero attached hydrogens (tertiary/aromatic N) is 1. The molecular formula is C16H28N2O3. The van der Waals surface area contributed by atoms with Crippen LogP contribution in [0.2, 0.25) is 0 Å². The van der Waals surface area contributed by atoms with Gasteiger partial charge in [-0.1, -0.05) is 27.7 Å². The Kier molecular flexibility index (Phi) is 4.91. The highest BCUT2D eigenvalue weighted by molar-refractivity contribution is 5.97. The van der Waals surface area contributed by atoms with Gasteiger partial charge in [0.2, 0.25) is 11.8 Å². The van der Waals surface area contributed by atoms with Gasteiger partial charge in [0.05, 0.1) is 6.61 Å². The predicted octanol–water partition coefficient (Wildman–Crippen LogP) is 1.56. The third-order valence-corrected chi connectivity index (χ3v) is 4.18. The van der Waals surface area contributed by atoms with E-state index in [-0.39, 0.29) is 23.3 Å². The van der Waals surface area contributed by atoms with Crippen LogP contribution in [-0.4, -0.2) is 48.6 Å². The Bertz CT molecular complexity index is 399. The number of nitrogens with one attached hydrogen (secondary N) is 1. The first kappa shape index (κ1) is 16.3. The molecule has 21 heavy (non-hydrogen) atoms. The van der Waals surface area contributed by atoms with Crippen molar-refractivity contribution in [2.24, 2.45) is 11.3 Å². The average molecular weight is 296 g/mol. The second-order valence-electron chi connectivity index (χ2n) is 7.23. The monoisotopic (exact) mass is 296 g/mol. The van der Waals surface area contributed by atoms with Crippen molar-refractivity contribution in [2.45, 2.75) is 59.0 Å². The Hall–Kier alpha value is -1.10. The van der Waals surface area contributed by atoms with Gasteiger partial charge < -0.3 is 15.0 Å². The van der Waals surface area contributed by atoms with Crippen LogP contribution in [-0.2, 0) is 14.3 Å². The van der Waals surface area contributed by atoms with E-state index in [9.17, 15) is 9.59 Å². The number of rotatable bonds is 6. The van der Waals surface area contributed by atoms with Crippen molar-refractivity contribution in [1.82, 2.24) is 10.2 Å². The first-order valence-corrected chi connectivity index (χ1v) is 8.05. The fraction of sp³-hybridized carbons (Fsp3) is 0.875. The Labute approximate surface area is 127 Å². The molecule has 5 nitrogen and oxygen atoms in total. The summed E-state index contributed by atoms with van der Waals surface area (Å²) < 4.78 is 5.51. The molecule has 0 bridgehead atoms. The van der Waals surface area contributed by atoms with Gasteiger partial charge in [0.15, 0.2) is 0 Å². The second kappa shape index (κ2) is 6.34. The minimum atomic E-state index is -0.439. The van der Waals surface area contributed by atoms with E-state index in [0.717, 1.165) is 19.3 Å². The molecule has 2 amide bonds. The number of piperazine rings is 1. The lowest BCUT2D eigenvalue weighted by atomic mass is 9.83. The number of hydrogen-bond acceptors (Lipinski definition) is 3. The largest absolute Gasteiger partial charge is 0.380 e. The van der Waals surface area contributed by atoms with Gasteiger partial charge in [-0.15, -0.1) is 0 Å². The molecule has 0 aromatic carbocycles. The lowest BCUT2D eigenvalue weighted by Gasteiger charge is -2.43. The minimum Gasteiger partial charge on any atom is -0.380 e. The van der Waals surface area contributed by atoms with E-state index >= 15 is 0 Å². The number of carbonyl (C=O) groups is 2. The molecule has 120 valence electrons. The normalized spacial score (nSPS) is 27.0. The maximum atomic E-state index is 12.8. The Balaban J connectivity index is 2.09. The van der Waals surface area contributed by atoms with Crippen LogP contribution < -0.4 is 5.32 Å². The van der Waals surface area contributed by atoms with E-state index in [1.807, 2.05) is 20.8 Å². The Morgan fingerprint density at radius 1 is 1.24 bits per heavy atom. The fourth-order valence-corrected chi connectivity index (χ4v) is 2.86. The summed E-state index contributed by atoms with van der Waals surface area (Å²) in [5.41, 5.74) is -0.274. The van der Waals surface area contributed by atoms with E-state index in [1.54, 1.807) is 4.90 Å². The predicted molar refractivity (Wildman–Crippen MR) is 80.7 cm³/mol.